The predicted octanol–water partition coefficient (Wildman–Crippen LogP) is 1.47. The summed E-state index contributed by atoms with van der Waals surface area (Å²) in [5.41, 5.74) is 0.851. The van der Waals surface area contributed by atoms with Crippen LogP contribution in [0.2, 0.25) is 0 Å². The van der Waals surface area contributed by atoms with Crippen molar-refractivity contribution in [3.63, 3.8) is 0 Å². The number of carbonyl (C=O) groups is 2. The monoisotopic (exact) mass is 306 g/mol. The van der Waals surface area contributed by atoms with Crippen molar-refractivity contribution < 1.29 is 14.7 Å². The van der Waals surface area contributed by atoms with Crippen molar-refractivity contribution in [2.45, 2.75) is 19.8 Å². The third-order valence-corrected chi connectivity index (χ3v) is 3.92. The van der Waals surface area contributed by atoms with Gasteiger partial charge in [0, 0.05) is 23.5 Å². The molecule has 1 unspecified atom stereocenters. The van der Waals surface area contributed by atoms with E-state index in [1.807, 2.05) is 19.2 Å². The van der Waals surface area contributed by atoms with Gasteiger partial charge in [-0.1, -0.05) is 6.92 Å². The molecule has 2 aromatic heterocycles. The molecular formula is C13H14N4O3S. The SMILES string of the molecule is Cc1csc(C(C)CNC(=O)c2cnc(C(=O)O)cn2)n1. The van der Waals surface area contributed by atoms with Gasteiger partial charge in [0.2, 0.25) is 0 Å². The van der Waals surface area contributed by atoms with Crippen LogP contribution in [0.3, 0.4) is 0 Å². The molecule has 0 saturated heterocycles. The molecule has 2 aromatic rings. The Balaban J connectivity index is 1.93. The lowest BCUT2D eigenvalue weighted by atomic mass is 10.2. The summed E-state index contributed by atoms with van der Waals surface area (Å²) in [7, 11) is 0. The number of nitrogens with zero attached hydrogens (tertiary/aromatic N) is 3. The van der Waals surface area contributed by atoms with E-state index >= 15 is 0 Å². The van der Waals surface area contributed by atoms with E-state index < -0.39 is 5.97 Å². The maximum atomic E-state index is 11.9. The highest BCUT2D eigenvalue weighted by Crippen LogP contribution is 2.18. The van der Waals surface area contributed by atoms with Crippen molar-refractivity contribution in [1.82, 2.24) is 20.3 Å². The zero-order valence-corrected chi connectivity index (χ0v) is 12.3. The molecule has 0 bridgehead atoms. The normalized spacial score (nSPS) is 11.9. The molecular weight excluding hydrogens is 292 g/mol. The minimum Gasteiger partial charge on any atom is -0.476 e. The minimum atomic E-state index is -1.18. The third kappa shape index (κ3) is 3.82. The summed E-state index contributed by atoms with van der Waals surface area (Å²) in [6, 6.07) is 0. The van der Waals surface area contributed by atoms with Crippen LogP contribution in [0.1, 0.15) is 44.5 Å². The quantitative estimate of drug-likeness (QED) is 0.866. The summed E-state index contributed by atoms with van der Waals surface area (Å²) in [4.78, 5) is 34.3. The summed E-state index contributed by atoms with van der Waals surface area (Å²) in [6.45, 7) is 4.32. The summed E-state index contributed by atoms with van der Waals surface area (Å²) < 4.78 is 0. The second kappa shape index (κ2) is 6.40. The Labute approximate surface area is 125 Å². The van der Waals surface area contributed by atoms with E-state index in [4.69, 9.17) is 5.11 Å². The number of thiazole rings is 1. The number of hydrogen-bond acceptors (Lipinski definition) is 6. The topological polar surface area (TPSA) is 105 Å². The number of aryl methyl sites for hydroxylation is 1. The molecule has 1 amide bonds. The van der Waals surface area contributed by atoms with E-state index in [0.29, 0.717) is 6.54 Å². The fourth-order valence-corrected chi connectivity index (χ4v) is 2.43. The summed E-state index contributed by atoms with van der Waals surface area (Å²) in [5, 5.41) is 14.4. The summed E-state index contributed by atoms with van der Waals surface area (Å²) in [5.74, 6) is -1.47. The van der Waals surface area contributed by atoms with Crippen LogP contribution in [0, 0.1) is 6.92 Å². The first kappa shape index (κ1) is 15.0. The van der Waals surface area contributed by atoms with Crippen LogP contribution in [0.5, 0.6) is 0 Å². The van der Waals surface area contributed by atoms with Gasteiger partial charge in [-0.3, -0.25) is 4.79 Å². The van der Waals surface area contributed by atoms with Gasteiger partial charge >= 0.3 is 5.97 Å². The van der Waals surface area contributed by atoms with Gasteiger partial charge < -0.3 is 10.4 Å². The maximum absolute atomic E-state index is 11.9. The van der Waals surface area contributed by atoms with Gasteiger partial charge in [0.05, 0.1) is 17.4 Å². The molecule has 0 aliphatic carbocycles. The van der Waals surface area contributed by atoms with Gasteiger partial charge in [0.25, 0.3) is 5.91 Å². The Kier molecular flexibility index (Phi) is 4.59. The Bertz CT molecular complexity index is 654. The highest BCUT2D eigenvalue weighted by molar-refractivity contribution is 7.09. The zero-order chi connectivity index (χ0) is 15.4. The molecule has 0 aromatic carbocycles. The van der Waals surface area contributed by atoms with Crippen LogP contribution < -0.4 is 5.32 Å². The number of carboxylic acid groups (broad SMARTS) is 1. The van der Waals surface area contributed by atoms with Crippen molar-refractivity contribution in [3.8, 4) is 0 Å². The number of carboxylic acids is 1. The first-order chi connectivity index (χ1) is 9.97. The summed E-state index contributed by atoms with van der Waals surface area (Å²) >= 11 is 1.55. The average molecular weight is 306 g/mol. The van der Waals surface area contributed by atoms with Crippen LogP contribution in [-0.4, -0.2) is 38.5 Å². The maximum Gasteiger partial charge on any atom is 0.356 e. The number of amides is 1. The molecule has 0 aliphatic rings. The number of hydrogen-bond donors (Lipinski definition) is 2. The average Bonchev–Trinajstić information content (AvgIpc) is 2.91. The number of nitrogens with one attached hydrogen (secondary N) is 1. The van der Waals surface area contributed by atoms with Crippen molar-refractivity contribution in [2.24, 2.45) is 0 Å². The fourth-order valence-electron chi connectivity index (χ4n) is 1.58. The van der Waals surface area contributed by atoms with Crippen LogP contribution in [0.25, 0.3) is 0 Å². The molecule has 2 heterocycles. The third-order valence-electron chi connectivity index (χ3n) is 2.73. The highest BCUT2D eigenvalue weighted by atomic mass is 32.1. The highest BCUT2D eigenvalue weighted by Gasteiger charge is 2.14. The van der Waals surface area contributed by atoms with E-state index in [2.05, 4.69) is 20.3 Å². The predicted molar refractivity (Wildman–Crippen MR) is 76.6 cm³/mol. The molecule has 2 rings (SSSR count). The molecule has 0 saturated carbocycles. The van der Waals surface area contributed by atoms with Crippen molar-refractivity contribution in [2.75, 3.05) is 6.54 Å². The fraction of sp³-hybridized carbons (Fsp3) is 0.308. The van der Waals surface area contributed by atoms with Crippen molar-refractivity contribution >= 4 is 23.2 Å². The van der Waals surface area contributed by atoms with Gasteiger partial charge in [-0.15, -0.1) is 11.3 Å². The van der Waals surface area contributed by atoms with E-state index in [-0.39, 0.29) is 23.2 Å². The molecule has 1 atom stereocenters. The number of aromatic nitrogens is 3. The minimum absolute atomic E-state index is 0.0857. The zero-order valence-electron chi connectivity index (χ0n) is 11.5. The van der Waals surface area contributed by atoms with Gasteiger partial charge in [-0.05, 0) is 6.92 Å². The van der Waals surface area contributed by atoms with E-state index in [1.54, 1.807) is 11.3 Å². The molecule has 110 valence electrons. The lowest BCUT2D eigenvalue weighted by molar-refractivity contribution is 0.0689. The van der Waals surface area contributed by atoms with Crippen LogP contribution in [0.15, 0.2) is 17.8 Å². The first-order valence-electron chi connectivity index (χ1n) is 6.23. The van der Waals surface area contributed by atoms with Gasteiger partial charge in [0.1, 0.15) is 5.69 Å². The number of rotatable bonds is 5. The number of carbonyl (C=O) groups excluding carboxylic acids is 1. The second-order valence-corrected chi connectivity index (χ2v) is 5.42. The van der Waals surface area contributed by atoms with Crippen LogP contribution in [-0.2, 0) is 0 Å². The van der Waals surface area contributed by atoms with Crippen LogP contribution in [0.4, 0.5) is 0 Å². The first-order valence-corrected chi connectivity index (χ1v) is 7.11. The Hall–Kier alpha value is -2.35. The second-order valence-electron chi connectivity index (χ2n) is 4.53. The van der Waals surface area contributed by atoms with E-state index in [0.717, 1.165) is 23.1 Å². The van der Waals surface area contributed by atoms with Gasteiger partial charge in [-0.25, -0.2) is 19.7 Å². The molecule has 0 fully saturated rings. The molecule has 7 nitrogen and oxygen atoms in total. The smallest absolute Gasteiger partial charge is 0.356 e. The van der Waals surface area contributed by atoms with E-state index in [9.17, 15) is 9.59 Å². The van der Waals surface area contributed by atoms with Gasteiger partial charge in [-0.2, -0.15) is 0 Å². The summed E-state index contributed by atoms with van der Waals surface area (Å²) in [6.07, 6.45) is 2.21. The number of aromatic carboxylic acids is 1. The Morgan fingerprint density at radius 1 is 1.33 bits per heavy atom. The van der Waals surface area contributed by atoms with Crippen LogP contribution >= 0.6 is 11.3 Å². The molecule has 2 N–H and O–H groups in total. The Morgan fingerprint density at radius 3 is 2.52 bits per heavy atom. The largest absolute Gasteiger partial charge is 0.476 e. The Morgan fingerprint density at radius 2 is 2.00 bits per heavy atom. The molecule has 0 spiro atoms. The molecule has 0 radical (unpaired) electrons. The van der Waals surface area contributed by atoms with Gasteiger partial charge in [0.15, 0.2) is 5.69 Å². The van der Waals surface area contributed by atoms with E-state index in [1.165, 1.54) is 0 Å². The van der Waals surface area contributed by atoms with Crippen molar-refractivity contribution in [1.29, 1.82) is 0 Å². The van der Waals surface area contributed by atoms with Crippen molar-refractivity contribution in [3.05, 3.63) is 39.9 Å². The standard InChI is InChI=1S/C13H14N4O3S/c1-7(12-17-8(2)6-21-12)3-16-11(18)9-4-15-10(5-14-9)13(19)20/h4-7H,3H2,1-2H3,(H,16,18)(H,19,20). The lowest BCUT2D eigenvalue weighted by Gasteiger charge is -2.09. The molecule has 8 heteroatoms. The molecule has 21 heavy (non-hydrogen) atoms. The lowest BCUT2D eigenvalue weighted by Crippen LogP contribution is -2.28. The molecule has 0 aliphatic heterocycles.